The first-order chi connectivity index (χ1) is 11.6. The Labute approximate surface area is 137 Å². The number of carboxylic acids is 1. The van der Waals surface area contributed by atoms with Crippen LogP contribution in [0.3, 0.4) is 0 Å². The third kappa shape index (κ3) is 3.17. The van der Waals surface area contributed by atoms with Gasteiger partial charge in [0.25, 0.3) is 0 Å². The summed E-state index contributed by atoms with van der Waals surface area (Å²) in [5.41, 5.74) is 1.65. The monoisotopic (exact) mass is 323 g/mol. The second-order valence-corrected chi connectivity index (χ2v) is 4.99. The van der Waals surface area contributed by atoms with Crippen LogP contribution >= 0.6 is 0 Å². The van der Waals surface area contributed by atoms with E-state index in [2.05, 4.69) is 4.99 Å². The molecule has 0 aliphatic carbocycles. The van der Waals surface area contributed by atoms with Crippen LogP contribution < -0.4 is 4.74 Å². The summed E-state index contributed by atoms with van der Waals surface area (Å²) in [5.74, 6) is -0.647. The Morgan fingerprint density at radius 3 is 2.38 bits per heavy atom. The zero-order valence-electron chi connectivity index (χ0n) is 12.7. The van der Waals surface area contributed by atoms with Gasteiger partial charge in [-0.3, -0.25) is 0 Å². The molecule has 0 unspecified atom stereocenters. The molecule has 0 saturated heterocycles. The number of carbonyl (C=O) groups excluding carboxylic acids is 1. The number of nitrogens with zero attached hydrogens (tertiary/aromatic N) is 1. The van der Waals surface area contributed by atoms with Crippen LogP contribution in [0.1, 0.15) is 21.5 Å². The zero-order valence-corrected chi connectivity index (χ0v) is 12.7. The van der Waals surface area contributed by atoms with Gasteiger partial charge >= 0.3 is 11.9 Å². The fraction of sp³-hybridized carbons (Fsp3) is 0.0556. The highest BCUT2D eigenvalue weighted by atomic mass is 16.6. The molecule has 0 aromatic heterocycles. The number of ether oxygens (including phenoxy) is 2. The molecule has 2 aromatic carbocycles. The second-order valence-electron chi connectivity index (χ2n) is 4.99. The van der Waals surface area contributed by atoms with Crippen molar-refractivity contribution in [3.8, 4) is 5.75 Å². The van der Waals surface area contributed by atoms with E-state index in [4.69, 9.17) is 14.6 Å². The minimum Gasteiger partial charge on any atom is -0.497 e. The van der Waals surface area contributed by atoms with Crippen molar-refractivity contribution in [2.24, 2.45) is 4.99 Å². The van der Waals surface area contributed by atoms with Gasteiger partial charge < -0.3 is 14.6 Å². The lowest BCUT2D eigenvalue weighted by atomic mass is 10.1. The molecule has 0 bridgehead atoms. The second kappa shape index (κ2) is 6.37. The third-order valence-electron chi connectivity index (χ3n) is 3.42. The average molecular weight is 323 g/mol. The lowest BCUT2D eigenvalue weighted by molar-refractivity contribution is -0.129. The number of aliphatic imine (C=N–C) groups is 1. The molecule has 6 heteroatoms. The summed E-state index contributed by atoms with van der Waals surface area (Å²) in [6.07, 6.45) is 1.55. The van der Waals surface area contributed by atoms with Crippen molar-refractivity contribution in [3.05, 3.63) is 70.9 Å². The summed E-state index contributed by atoms with van der Waals surface area (Å²) in [5, 5.41) is 8.88. The highest BCUT2D eigenvalue weighted by Gasteiger charge is 2.24. The summed E-state index contributed by atoms with van der Waals surface area (Å²) in [6, 6.07) is 13.1. The van der Waals surface area contributed by atoms with Crippen LogP contribution in [0.5, 0.6) is 5.75 Å². The predicted molar refractivity (Wildman–Crippen MR) is 87.0 cm³/mol. The van der Waals surface area contributed by atoms with Gasteiger partial charge in [-0.1, -0.05) is 12.1 Å². The van der Waals surface area contributed by atoms with E-state index in [1.807, 2.05) is 0 Å². The van der Waals surface area contributed by atoms with Crippen LogP contribution in [0.25, 0.3) is 6.08 Å². The molecule has 0 atom stereocenters. The smallest absolute Gasteiger partial charge is 0.363 e. The number of carbonyl (C=O) groups is 2. The minimum absolute atomic E-state index is 0.156. The first-order valence-corrected chi connectivity index (χ1v) is 7.07. The Kier molecular flexibility index (Phi) is 4.11. The Bertz CT molecular complexity index is 848. The van der Waals surface area contributed by atoms with Gasteiger partial charge in [0.05, 0.1) is 12.7 Å². The number of hydrogen-bond acceptors (Lipinski definition) is 5. The van der Waals surface area contributed by atoms with E-state index in [9.17, 15) is 9.59 Å². The van der Waals surface area contributed by atoms with E-state index >= 15 is 0 Å². The first kappa shape index (κ1) is 15.5. The van der Waals surface area contributed by atoms with Gasteiger partial charge in [-0.05, 0) is 48.0 Å². The van der Waals surface area contributed by atoms with Gasteiger partial charge in [-0.25, -0.2) is 14.6 Å². The number of rotatable bonds is 4. The van der Waals surface area contributed by atoms with Crippen LogP contribution in [-0.4, -0.2) is 30.1 Å². The number of esters is 1. The van der Waals surface area contributed by atoms with Gasteiger partial charge in [0.1, 0.15) is 5.75 Å². The maximum Gasteiger partial charge on any atom is 0.363 e. The van der Waals surface area contributed by atoms with E-state index in [0.717, 1.165) is 0 Å². The fourth-order valence-electron chi connectivity index (χ4n) is 2.15. The van der Waals surface area contributed by atoms with E-state index in [-0.39, 0.29) is 17.2 Å². The maximum atomic E-state index is 11.9. The zero-order chi connectivity index (χ0) is 17.1. The summed E-state index contributed by atoms with van der Waals surface area (Å²) in [6.45, 7) is 0. The number of methoxy groups -OCH3 is 1. The van der Waals surface area contributed by atoms with Gasteiger partial charge in [0.15, 0.2) is 5.70 Å². The molecule has 1 aliphatic heterocycles. The standard InChI is InChI=1S/C18H13NO5/c1-23-14-8-6-12(7-9-14)16-19-15(18(22)24-16)10-11-2-4-13(5-3-11)17(20)21/h2-10H,1H3,(H,20,21)/b15-10+. The Morgan fingerprint density at radius 2 is 1.79 bits per heavy atom. The highest BCUT2D eigenvalue weighted by Crippen LogP contribution is 2.21. The van der Waals surface area contributed by atoms with Crippen LogP contribution in [0, 0.1) is 0 Å². The highest BCUT2D eigenvalue weighted by molar-refractivity contribution is 6.12. The first-order valence-electron chi connectivity index (χ1n) is 7.07. The molecule has 0 amide bonds. The molecule has 0 saturated carbocycles. The van der Waals surface area contributed by atoms with Gasteiger partial charge in [-0.15, -0.1) is 0 Å². The normalized spacial score (nSPS) is 15.1. The molecule has 120 valence electrons. The van der Waals surface area contributed by atoms with Crippen molar-refractivity contribution < 1.29 is 24.2 Å². The van der Waals surface area contributed by atoms with Crippen LogP contribution in [-0.2, 0) is 9.53 Å². The Balaban J connectivity index is 1.86. The number of carboxylic acid groups (broad SMARTS) is 1. The van der Waals surface area contributed by atoms with E-state index < -0.39 is 11.9 Å². The SMILES string of the molecule is COc1ccc(C2=N/C(=C/c3ccc(C(=O)O)cc3)C(=O)O2)cc1. The van der Waals surface area contributed by atoms with Crippen LogP contribution in [0.15, 0.2) is 59.2 Å². The van der Waals surface area contributed by atoms with Crippen LogP contribution in [0.2, 0.25) is 0 Å². The number of cyclic esters (lactones) is 1. The molecule has 3 rings (SSSR count). The van der Waals surface area contributed by atoms with Crippen molar-refractivity contribution in [1.82, 2.24) is 0 Å². The lowest BCUT2D eigenvalue weighted by Crippen LogP contribution is -2.05. The molecule has 0 fully saturated rings. The van der Waals surface area contributed by atoms with E-state index in [0.29, 0.717) is 16.9 Å². The quantitative estimate of drug-likeness (QED) is 0.691. The van der Waals surface area contributed by atoms with E-state index in [1.54, 1.807) is 49.6 Å². The van der Waals surface area contributed by atoms with Crippen molar-refractivity contribution in [2.45, 2.75) is 0 Å². The average Bonchev–Trinajstić information content (AvgIpc) is 2.96. The van der Waals surface area contributed by atoms with Gasteiger partial charge in [0, 0.05) is 5.56 Å². The van der Waals surface area contributed by atoms with Gasteiger partial charge in [0.2, 0.25) is 5.90 Å². The third-order valence-corrected chi connectivity index (χ3v) is 3.42. The van der Waals surface area contributed by atoms with Gasteiger partial charge in [-0.2, -0.15) is 0 Å². The van der Waals surface area contributed by atoms with E-state index in [1.165, 1.54) is 12.1 Å². The minimum atomic E-state index is -1.01. The molecule has 24 heavy (non-hydrogen) atoms. The molecule has 0 spiro atoms. The molecular weight excluding hydrogens is 310 g/mol. The molecule has 1 heterocycles. The summed E-state index contributed by atoms with van der Waals surface area (Å²) < 4.78 is 10.3. The topological polar surface area (TPSA) is 85.2 Å². The molecule has 6 nitrogen and oxygen atoms in total. The number of aromatic carboxylic acids is 1. The fourth-order valence-corrected chi connectivity index (χ4v) is 2.15. The summed E-state index contributed by atoms with van der Waals surface area (Å²) >= 11 is 0. The number of hydrogen-bond donors (Lipinski definition) is 1. The van der Waals surface area contributed by atoms with Crippen molar-refractivity contribution >= 4 is 23.9 Å². The predicted octanol–water partition coefficient (Wildman–Crippen LogP) is 2.74. The molecule has 1 aliphatic rings. The molecule has 0 radical (unpaired) electrons. The largest absolute Gasteiger partial charge is 0.497 e. The Morgan fingerprint density at radius 1 is 1.12 bits per heavy atom. The summed E-state index contributed by atoms with van der Waals surface area (Å²) in [4.78, 5) is 27.0. The maximum absolute atomic E-state index is 11.9. The van der Waals surface area contributed by atoms with Crippen molar-refractivity contribution in [1.29, 1.82) is 0 Å². The molecule has 1 N–H and O–H groups in total. The Hall–Kier alpha value is -3.41. The van der Waals surface area contributed by atoms with Crippen molar-refractivity contribution in [2.75, 3.05) is 7.11 Å². The molecule has 2 aromatic rings. The lowest BCUT2D eigenvalue weighted by Gasteiger charge is -2.01. The summed E-state index contributed by atoms with van der Waals surface area (Å²) in [7, 11) is 1.57. The number of benzene rings is 2. The molecular formula is C18H13NO5. The van der Waals surface area contributed by atoms with Crippen molar-refractivity contribution in [3.63, 3.8) is 0 Å². The van der Waals surface area contributed by atoms with Crippen LogP contribution in [0.4, 0.5) is 0 Å².